The maximum Gasteiger partial charge on any atom is 0.209 e. The fraction of sp³-hybridized carbons (Fsp3) is 0.625. The van der Waals surface area contributed by atoms with Gasteiger partial charge < -0.3 is 4.74 Å². The second kappa shape index (κ2) is 9.05. The van der Waals surface area contributed by atoms with Crippen LogP contribution >= 0.6 is 0 Å². The molecule has 4 nitrogen and oxygen atoms in total. The molecule has 120 valence electrons. The molecule has 1 atom stereocenters. The Labute approximate surface area is 128 Å². The van der Waals surface area contributed by atoms with Crippen LogP contribution in [-0.2, 0) is 16.4 Å². The van der Waals surface area contributed by atoms with Gasteiger partial charge in [-0.2, -0.15) is 0 Å². The van der Waals surface area contributed by atoms with Crippen molar-refractivity contribution in [2.75, 3.05) is 12.4 Å². The summed E-state index contributed by atoms with van der Waals surface area (Å²) in [7, 11) is -3.35. The summed E-state index contributed by atoms with van der Waals surface area (Å²) in [6, 6.07) is 8.21. The summed E-state index contributed by atoms with van der Waals surface area (Å²) in [5.41, 5.74) is 1.34. The van der Waals surface area contributed by atoms with Crippen molar-refractivity contribution in [1.82, 2.24) is 0 Å². The molecule has 0 amide bonds. The van der Waals surface area contributed by atoms with E-state index in [9.17, 15) is 8.42 Å². The number of nitrogens with two attached hydrogens (primary N) is 1. The van der Waals surface area contributed by atoms with Crippen LogP contribution in [0.2, 0.25) is 0 Å². The standard InChI is InChI=1S/C16H27NO3S/c1-3-4-5-15-6-8-16(9-7-15)20-12-10-14(2)11-13-21(17,18)19/h6-9,14H,3-5,10-13H2,1-2H3,(H2,17,18,19). The molecule has 0 fully saturated rings. The van der Waals surface area contributed by atoms with Crippen LogP contribution in [0.25, 0.3) is 0 Å². The summed E-state index contributed by atoms with van der Waals surface area (Å²) in [5, 5.41) is 4.99. The molecule has 0 spiro atoms. The van der Waals surface area contributed by atoms with Gasteiger partial charge in [0.25, 0.3) is 0 Å². The third-order valence-electron chi connectivity index (χ3n) is 3.52. The van der Waals surface area contributed by atoms with Crippen molar-refractivity contribution in [3.05, 3.63) is 29.8 Å². The van der Waals surface area contributed by atoms with E-state index in [4.69, 9.17) is 9.88 Å². The summed E-state index contributed by atoms with van der Waals surface area (Å²) < 4.78 is 27.5. The number of benzene rings is 1. The highest BCUT2D eigenvalue weighted by atomic mass is 32.2. The fourth-order valence-electron chi connectivity index (χ4n) is 2.02. The Morgan fingerprint density at radius 2 is 1.86 bits per heavy atom. The molecule has 1 rings (SSSR count). The van der Waals surface area contributed by atoms with Crippen molar-refractivity contribution < 1.29 is 13.2 Å². The highest BCUT2D eigenvalue weighted by molar-refractivity contribution is 7.89. The van der Waals surface area contributed by atoms with Gasteiger partial charge in [0.1, 0.15) is 5.75 Å². The average Bonchev–Trinajstić information content (AvgIpc) is 2.43. The number of rotatable bonds is 10. The van der Waals surface area contributed by atoms with Gasteiger partial charge in [0.2, 0.25) is 10.0 Å². The minimum atomic E-state index is -3.35. The number of ether oxygens (including phenoxy) is 1. The summed E-state index contributed by atoms with van der Waals surface area (Å²) in [6.45, 7) is 4.80. The van der Waals surface area contributed by atoms with Crippen molar-refractivity contribution in [2.24, 2.45) is 11.1 Å². The molecular weight excluding hydrogens is 286 g/mol. The molecule has 0 saturated carbocycles. The quantitative estimate of drug-likeness (QED) is 0.721. The molecule has 0 heterocycles. The number of hydrogen-bond acceptors (Lipinski definition) is 3. The molecule has 0 radical (unpaired) electrons. The fourth-order valence-corrected chi connectivity index (χ4v) is 2.75. The van der Waals surface area contributed by atoms with Crippen LogP contribution in [0.1, 0.15) is 45.1 Å². The second-order valence-corrected chi connectivity index (χ2v) is 7.38. The third kappa shape index (κ3) is 8.73. The minimum absolute atomic E-state index is 0.0420. The van der Waals surface area contributed by atoms with Crippen LogP contribution in [0.5, 0.6) is 5.75 Å². The molecule has 0 bridgehead atoms. The summed E-state index contributed by atoms with van der Waals surface area (Å²) in [4.78, 5) is 0. The first-order valence-corrected chi connectivity index (χ1v) is 9.34. The smallest absolute Gasteiger partial charge is 0.209 e. The monoisotopic (exact) mass is 313 g/mol. The van der Waals surface area contributed by atoms with E-state index >= 15 is 0 Å². The van der Waals surface area contributed by atoms with E-state index in [2.05, 4.69) is 19.1 Å². The van der Waals surface area contributed by atoms with Gasteiger partial charge in [-0.1, -0.05) is 32.4 Å². The molecule has 0 aliphatic carbocycles. The van der Waals surface area contributed by atoms with Gasteiger partial charge in [-0.25, -0.2) is 13.6 Å². The van der Waals surface area contributed by atoms with Crippen molar-refractivity contribution in [1.29, 1.82) is 0 Å². The molecule has 5 heteroatoms. The van der Waals surface area contributed by atoms with Crippen LogP contribution in [0.15, 0.2) is 24.3 Å². The van der Waals surface area contributed by atoms with Gasteiger partial charge in [-0.3, -0.25) is 0 Å². The van der Waals surface area contributed by atoms with Gasteiger partial charge in [0, 0.05) is 0 Å². The minimum Gasteiger partial charge on any atom is -0.494 e. The summed E-state index contributed by atoms with van der Waals surface area (Å²) in [6.07, 6.45) is 4.93. The van der Waals surface area contributed by atoms with E-state index < -0.39 is 10.0 Å². The van der Waals surface area contributed by atoms with Crippen LogP contribution in [0.3, 0.4) is 0 Å². The zero-order chi connectivity index (χ0) is 15.7. The number of primary sulfonamides is 1. The van der Waals surface area contributed by atoms with Crippen molar-refractivity contribution >= 4 is 10.0 Å². The predicted octanol–water partition coefficient (Wildman–Crippen LogP) is 3.11. The average molecular weight is 313 g/mol. The van der Waals surface area contributed by atoms with E-state index in [0.29, 0.717) is 13.0 Å². The molecule has 1 aromatic rings. The molecular formula is C16H27NO3S. The van der Waals surface area contributed by atoms with Crippen LogP contribution < -0.4 is 9.88 Å². The highest BCUT2D eigenvalue weighted by Gasteiger charge is 2.08. The zero-order valence-corrected chi connectivity index (χ0v) is 13.9. The Hall–Kier alpha value is -1.07. The number of sulfonamides is 1. The molecule has 1 aromatic carbocycles. The lowest BCUT2D eigenvalue weighted by Gasteiger charge is -2.12. The number of aryl methyl sites for hydroxylation is 1. The third-order valence-corrected chi connectivity index (χ3v) is 4.32. The molecule has 1 unspecified atom stereocenters. The normalized spacial score (nSPS) is 13.1. The van der Waals surface area contributed by atoms with E-state index in [1.807, 2.05) is 19.1 Å². The Morgan fingerprint density at radius 3 is 2.43 bits per heavy atom. The lowest BCUT2D eigenvalue weighted by Crippen LogP contribution is -2.18. The first-order valence-electron chi connectivity index (χ1n) is 7.63. The molecule has 0 aromatic heterocycles. The SMILES string of the molecule is CCCCc1ccc(OCCC(C)CCS(N)(=O)=O)cc1. The molecule has 2 N–H and O–H groups in total. The maximum absolute atomic E-state index is 10.9. The van der Waals surface area contributed by atoms with E-state index in [0.717, 1.165) is 18.6 Å². The zero-order valence-electron chi connectivity index (χ0n) is 13.0. The van der Waals surface area contributed by atoms with Crippen molar-refractivity contribution in [2.45, 2.75) is 46.0 Å². The number of hydrogen-bond donors (Lipinski definition) is 1. The number of unbranched alkanes of at least 4 members (excludes halogenated alkanes) is 1. The molecule has 21 heavy (non-hydrogen) atoms. The summed E-state index contributed by atoms with van der Waals surface area (Å²) >= 11 is 0. The lowest BCUT2D eigenvalue weighted by molar-refractivity contribution is 0.282. The van der Waals surface area contributed by atoms with Crippen molar-refractivity contribution in [3.63, 3.8) is 0 Å². The van der Waals surface area contributed by atoms with Gasteiger partial charge in [-0.15, -0.1) is 0 Å². The van der Waals surface area contributed by atoms with Crippen molar-refractivity contribution in [3.8, 4) is 5.75 Å². The molecule has 0 saturated heterocycles. The second-order valence-electron chi connectivity index (χ2n) is 5.65. The Morgan fingerprint density at radius 1 is 1.19 bits per heavy atom. The van der Waals surface area contributed by atoms with Crippen LogP contribution in [0, 0.1) is 5.92 Å². The van der Waals surface area contributed by atoms with Gasteiger partial charge in [0.05, 0.1) is 12.4 Å². The van der Waals surface area contributed by atoms with E-state index in [1.165, 1.54) is 18.4 Å². The van der Waals surface area contributed by atoms with Gasteiger partial charge in [-0.05, 0) is 49.3 Å². The van der Waals surface area contributed by atoms with Crippen LogP contribution in [-0.4, -0.2) is 20.8 Å². The van der Waals surface area contributed by atoms with Crippen LogP contribution in [0.4, 0.5) is 0 Å². The first-order chi connectivity index (χ1) is 9.90. The summed E-state index contributed by atoms with van der Waals surface area (Å²) in [5.74, 6) is 1.20. The Balaban J connectivity index is 2.25. The Bertz CT molecular complexity index is 497. The molecule has 0 aliphatic rings. The highest BCUT2D eigenvalue weighted by Crippen LogP contribution is 2.15. The topological polar surface area (TPSA) is 69.4 Å². The maximum atomic E-state index is 10.9. The van der Waals surface area contributed by atoms with Gasteiger partial charge >= 0.3 is 0 Å². The largest absolute Gasteiger partial charge is 0.494 e. The Kier molecular flexibility index (Phi) is 7.75. The predicted molar refractivity (Wildman–Crippen MR) is 86.9 cm³/mol. The lowest BCUT2D eigenvalue weighted by atomic mass is 10.1. The van der Waals surface area contributed by atoms with E-state index in [1.54, 1.807) is 0 Å². The first kappa shape index (κ1) is 18.0. The van der Waals surface area contributed by atoms with E-state index in [-0.39, 0.29) is 11.7 Å². The molecule has 0 aliphatic heterocycles. The van der Waals surface area contributed by atoms with Gasteiger partial charge in [0.15, 0.2) is 0 Å².